The van der Waals surface area contributed by atoms with Crippen molar-refractivity contribution >= 4 is 44.8 Å². The van der Waals surface area contributed by atoms with Crippen molar-refractivity contribution in [2.45, 2.75) is 19.9 Å². The highest BCUT2D eigenvalue weighted by atomic mass is 32.2. The van der Waals surface area contributed by atoms with Gasteiger partial charge in [0.1, 0.15) is 12.3 Å². The number of ether oxygens (including phenoxy) is 1. The zero-order valence-electron chi connectivity index (χ0n) is 15.7. The van der Waals surface area contributed by atoms with Crippen molar-refractivity contribution < 1.29 is 17.8 Å². The fraction of sp³-hybridized carbons (Fsp3) is 0.471. The van der Waals surface area contributed by atoms with Crippen LogP contribution in [0.25, 0.3) is 0 Å². The summed E-state index contributed by atoms with van der Waals surface area (Å²) in [5.74, 6) is 0.438. The van der Waals surface area contributed by atoms with Gasteiger partial charge in [-0.2, -0.15) is 0 Å². The zero-order valence-corrected chi connectivity index (χ0v) is 16.5. The van der Waals surface area contributed by atoms with Gasteiger partial charge in [-0.3, -0.25) is 10.5 Å². The van der Waals surface area contributed by atoms with Crippen LogP contribution >= 0.6 is 0 Å². The predicted molar refractivity (Wildman–Crippen MR) is 108 cm³/mol. The average Bonchev–Trinajstić information content (AvgIpc) is 2.97. The number of hydrogen-bond acceptors (Lipinski definition) is 7. The first-order chi connectivity index (χ1) is 12.7. The van der Waals surface area contributed by atoms with Gasteiger partial charge in [-0.15, -0.1) is 4.68 Å². The molecule has 1 aromatic rings. The maximum Gasteiger partial charge on any atom is 0.321 e. The lowest BCUT2D eigenvalue weighted by Crippen LogP contribution is -2.36. The standard InChI is InChI=1S/C17H24N6O3S/c1-12(2)23-17(18)16(11-19-23)20-14-5-4-13(22-6-8-26-9-7-22)10-15(14)21-27(3,24)25/h4-5,10-12H,6-9H2,1-3H3,(H2,18,19,21)/p+1. The number of hydrazone groups is 1. The Bertz CT molecular complexity index is 915. The fourth-order valence-electron chi connectivity index (χ4n) is 2.91. The number of rotatable bonds is 5. The Morgan fingerprint density at radius 1 is 1.33 bits per heavy atom. The summed E-state index contributed by atoms with van der Waals surface area (Å²) in [5.41, 5.74) is 8.41. The first-order valence-corrected chi connectivity index (χ1v) is 10.6. The van der Waals surface area contributed by atoms with E-state index < -0.39 is 10.0 Å². The van der Waals surface area contributed by atoms with Crippen LogP contribution in [0, 0.1) is 0 Å². The van der Waals surface area contributed by atoms with Crippen LogP contribution in [0.2, 0.25) is 0 Å². The van der Waals surface area contributed by atoms with E-state index >= 15 is 0 Å². The summed E-state index contributed by atoms with van der Waals surface area (Å²) < 4.78 is 33.2. The molecule has 1 saturated heterocycles. The van der Waals surface area contributed by atoms with Crippen molar-refractivity contribution in [2.24, 2.45) is 15.8 Å². The molecule has 27 heavy (non-hydrogen) atoms. The monoisotopic (exact) mass is 393 g/mol. The second-order valence-corrected chi connectivity index (χ2v) is 8.49. The molecule has 0 radical (unpaired) electrons. The number of morpholine rings is 1. The van der Waals surface area contributed by atoms with E-state index in [9.17, 15) is 8.42 Å². The molecular weight excluding hydrogens is 368 g/mol. The van der Waals surface area contributed by atoms with Crippen molar-refractivity contribution in [3.63, 3.8) is 0 Å². The lowest BCUT2D eigenvalue weighted by atomic mass is 10.2. The van der Waals surface area contributed by atoms with Gasteiger partial charge in [0.2, 0.25) is 10.0 Å². The maximum absolute atomic E-state index is 11.8. The summed E-state index contributed by atoms with van der Waals surface area (Å²) >= 11 is 0. The van der Waals surface area contributed by atoms with Crippen LogP contribution in [-0.2, 0) is 14.8 Å². The molecule has 0 bridgehead atoms. The lowest BCUT2D eigenvalue weighted by molar-refractivity contribution is -0.560. The molecule has 10 heteroatoms. The molecule has 9 nitrogen and oxygen atoms in total. The number of sulfonamides is 1. The second-order valence-electron chi connectivity index (χ2n) is 6.74. The van der Waals surface area contributed by atoms with E-state index in [0.29, 0.717) is 36.1 Å². The number of hydrogen-bond donors (Lipinski definition) is 2. The van der Waals surface area contributed by atoms with Crippen LogP contribution in [0.3, 0.4) is 0 Å². The first-order valence-electron chi connectivity index (χ1n) is 8.74. The van der Waals surface area contributed by atoms with E-state index in [0.717, 1.165) is 25.0 Å². The van der Waals surface area contributed by atoms with Crippen molar-refractivity contribution in [1.29, 1.82) is 0 Å². The topological polar surface area (TPSA) is 112 Å². The van der Waals surface area contributed by atoms with Gasteiger partial charge in [0.05, 0.1) is 30.8 Å². The van der Waals surface area contributed by atoms with Gasteiger partial charge in [-0.1, -0.05) is 5.10 Å². The highest BCUT2D eigenvalue weighted by molar-refractivity contribution is 7.92. The number of aliphatic imine (C=N–C) groups is 1. The Balaban J connectivity index is 1.99. The average molecular weight is 393 g/mol. The number of anilines is 2. The van der Waals surface area contributed by atoms with E-state index in [1.165, 1.54) is 0 Å². The molecule has 0 amide bonds. The van der Waals surface area contributed by atoms with Crippen LogP contribution in [0.1, 0.15) is 13.8 Å². The molecule has 3 rings (SSSR count). The molecular formula is C17H25N6O3S+. The molecule has 146 valence electrons. The molecule has 3 N–H and O–H groups in total. The van der Waals surface area contributed by atoms with Crippen LogP contribution in [0.5, 0.6) is 0 Å². The summed E-state index contributed by atoms with van der Waals surface area (Å²) in [6.07, 6.45) is 2.69. The minimum Gasteiger partial charge on any atom is -0.378 e. The lowest BCUT2D eigenvalue weighted by Gasteiger charge is -2.29. The largest absolute Gasteiger partial charge is 0.378 e. The smallest absolute Gasteiger partial charge is 0.321 e. The molecule has 0 aliphatic carbocycles. The van der Waals surface area contributed by atoms with Crippen LogP contribution in [-0.4, -0.2) is 69.5 Å². The molecule has 0 spiro atoms. The number of nitrogens with zero attached hydrogens (tertiary/aromatic N) is 4. The van der Waals surface area contributed by atoms with Gasteiger partial charge in [0.25, 0.3) is 0 Å². The van der Waals surface area contributed by atoms with E-state index in [1.807, 2.05) is 19.9 Å². The normalized spacial score (nSPS) is 19.4. The molecule has 0 atom stereocenters. The van der Waals surface area contributed by atoms with Crippen molar-refractivity contribution in [3.05, 3.63) is 18.2 Å². The number of nitrogens with two attached hydrogens (primary N) is 1. The Hall–Kier alpha value is -2.46. The van der Waals surface area contributed by atoms with Crippen LogP contribution in [0.4, 0.5) is 17.1 Å². The summed E-state index contributed by atoms with van der Waals surface area (Å²) in [5, 5.41) is 4.24. The summed E-state index contributed by atoms with van der Waals surface area (Å²) in [7, 11) is -3.46. The van der Waals surface area contributed by atoms with Gasteiger partial charge in [0, 0.05) is 18.8 Å². The molecule has 2 aliphatic heterocycles. The van der Waals surface area contributed by atoms with Crippen molar-refractivity contribution in [2.75, 3.05) is 42.2 Å². The minimum absolute atomic E-state index is 0.103. The predicted octanol–water partition coefficient (Wildman–Crippen LogP) is 0.745. The Kier molecular flexibility index (Phi) is 5.47. The van der Waals surface area contributed by atoms with E-state index in [-0.39, 0.29) is 6.04 Å². The Labute approximate surface area is 159 Å². The van der Waals surface area contributed by atoms with Gasteiger partial charge in [-0.25, -0.2) is 13.4 Å². The van der Waals surface area contributed by atoms with Crippen molar-refractivity contribution in [1.82, 2.24) is 0 Å². The number of amidine groups is 1. The molecule has 1 aromatic carbocycles. The third-order valence-corrected chi connectivity index (χ3v) is 4.79. The van der Waals surface area contributed by atoms with E-state index in [1.54, 1.807) is 23.0 Å². The van der Waals surface area contributed by atoms with E-state index in [2.05, 4.69) is 19.7 Å². The summed E-state index contributed by atoms with van der Waals surface area (Å²) in [4.78, 5) is 6.68. The van der Waals surface area contributed by atoms with E-state index in [4.69, 9.17) is 10.5 Å². The van der Waals surface area contributed by atoms with Crippen molar-refractivity contribution in [3.8, 4) is 0 Å². The molecule has 2 aliphatic rings. The highest BCUT2D eigenvalue weighted by Crippen LogP contribution is 2.31. The summed E-state index contributed by atoms with van der Waals surface area (Å²) in [6.45, 7) is 6.74. The molecule has 0 saturated carbocycles. The maximum atomic E-state index is 11.8. The van der Waals surface area contributed by atoms with Crippen LogP contribution in [0.15, 0.2) is 28.3 Å². The van der Waals surface area contributed by atoms with Gasteiger partial charge >= 0.3 is 5.84 Å². The molecule has 2 heterocycles. The number of nitrogens with one attached hydrogen (secondary N) is 1. The molecule has 0 aromatic heterocycles. The quantitative estimate of drug-likeness (QED) is 0.717. The van der Waals surface area contributed by atoms with Crippen LogP contribution < -0.4 is 15.4 Å². The third kappa shape index (κ3) is 4.64. The summed E-state index contributed by atoms with van der Waals surface area (Å²) in [6, 6.07) is 5.59. The van der Waals surface area contributed by atoms with Gasteiger partial charge in [-0.05, 0) is 32.0 Å². The van der Waals surface area contributed by atoms with Gasteiger partial charge < -0.3 is 9.64 Å². The van der Waals surface area contributed by atoms with Gasteiger partial charge in [0.15, 0.2) is 5.71 Å². The molecule has 1 fully saturated rings. The number of benzene rings is 1. The first kappa shape index (κ1) is 19.3. The Morgan fingerprint density at radius 3 is 2.63 bits per heavy atom. The second kappa shape index (κ2) is 7.65. The SMILES string of the molecule is CC(C)[N+]1=C(N)C(=Nc2ccc(N3CCOCC3)cc2NS(C)(=O)=O)C=N1. The zero-order chi connectivity index (χ0) is 19.6. The highest BCUT2D eigenvalue weighted by Gasteiger charge is 2.24. The molecule has 0 unspecified atom stereocenters. The Morgan fingerprint density at radius 2 is 2.04 bits per heavy atom. The fourth-order valence-corrected chi connectivity index (χ4v) is 3.47. The third-order valence-electron chi connectivity index (χ3n) is 4.20. The minimum atomic E-state index is -3.46.